The molecule has 1 aromatic rings. The highest BCUT2D eigenvalue weighted by atomic mass is 35.6. The van der Waals surface area contributed by atoms with Gasteiger partial charge in [-0.15, -0.1) is 0 Å². The van der Waals surface area contributed by atoms with E-state index in [0.717, 1.165) is 36.9 Å². The van der Waals surface area contributed by atoms with Gasteiger partial charge in [-0.2, -0.15) is 0 Å². The van der Waals surface area contributed by atoms with E-state index in [1.54, 1.807) is 0 Å². The highest BCUT2D eigenvalue weighted by Crippen LogP contribution is 2.35. The highest BCUT2D eigenvalue weighted by molar-refractivity contribution is 6.66. The molecule has 0 unspecified atom stereocenters. The topological polar surface area (TPSA) is 45.8 Å². The summed E-state index contributed by atoms with van der Waals surface area (Å²) in [5.74, 6) is 0.109. The summed E-state index contributed by atoms with van der Waals surface area (Å²) in [7, 11) is 0. The van der Waals surface area contributed by atoms with Gasteiger partial charge in [0, 0.05) is 5.56 Å². The van der Waals surface area contributed by atoms with Crippen molar-refractivity contribution in [3.8, 4) is 0 Å². The minimum Gasteiger partial charge on any atom is -0.307 e. The molecule has 6 heteroatoms. The van der Waals surface area contributed by atoms with Gasteiger partial charge in [0.2, 0.25) is 3.79 Å². The highest BCUT2D eigenvalue weighted by Gasteiger charge is 2.28. The second kappa shape index (κ2) is 3.96. The van der Waals surface area contributed by atoms with Crippen LogP contribution in [0.5, 0.6) is 0 Å². The van der Waals surface area contributed by atoms with Crippen LogP contribution in [-0.2, 0) is 16.6 Å². The number of nitrogens with one attached hydrogen (secondary N) is 1. The Morgan fingerprint density at radius 1 is 1.20 bits per heavy atom. The number of halogens is 3. The molecule has 0 amide bonds. The monoisotopic (exact) mass is 266 g/mol. The van der Waals surface area contributed by atoms with E-state index in [-0.39, 0.29) is 11.4 Å². The molecule has 1 aliphatic carbocycles. The number of alkyl halides is 3. The van der Waals surface area contributed by atoms with E-state index >= 15 is 0 Å². The lowest BCUT2D eigenvalue weighted by molar-refractivity contribution is 0.648. The summed E-state index contributed by atoms with van der Waals surface area (Å²) in [6.45, 7) is 0. The summed E-state index contributed by atoms with van der Waals surface area (Å²) in [6, 6.07) is 0. The Labute approximate surface area is 102 Å². The van der Waals surface area contributed by atoms with Crippen LogP contribution in [0.2, 0.25) is 0 Å². The van der Waals surface area contributed by atoms with Crippen molar-refractivity contribution in [3.05, 3.63) is 27.4 Å². The maximum atomic E-state index is 11.7. The quantitative estimate of drug-likeness (QED) is 0.734. The van der Waals surface area contributed by atoms with E-state index < -0.39 is 3.79 Å². The zero-order chi connectivity index (χ0) is 11.1. The van der Waals surface area contributed by atoms with E-state index in [9.17, 15) is 4.79 Å². The summed E-state index contributed by atoms with van der Waals surface area (Å²) in [4.78, 5) is 18.4. The SMILES string of the molecule is O=c1[nH]c(C(Cl)(Cl)Cl)nc2c1CCCC2. The van der Waals surface area contributed by atoms with Gasteiger partial charge in [-0.25, -0.2) is 4.98 Å². The number of fused-ring (bicyclic) bond motifs is 1. The van der Waals surface area contributed by atoms with Crippen molar-refractivity contribution in [2.24, 2.45) is 0 Å². The molecule has 2 rings (SSSR count). The van der Waals surface area contributed by atoms with E-state index in [1.807, 2.05) is 0 Å². The van der Waals surface area contributed by atoms with Crippen LogP contribution in [0, 0.1) is 0 Å². The van der Waals surface area contributed by atoms with Crippen LogP contribution in [0.15, 0.2) is 4.79 Å². The molecule has 0 radical (unpaired) electrons. The molecule has 0 spiro atoms. The van der Waals surface area contributed by atoms with Gasteiger partial charge in [0.25, 0.3) is 5.56 Å². The molecule has 0 aromatic carbocycles. The zero-order valence-electron chi connectivity index (χ0n) is 7.82. The Morgan fingerprint density at radius 3 is 2.53 bits per heavy atom. The van der Waals surface area contributed by atoms with Gasteiger partial charge < -0.3 is 4.98 Å². The fraction of sp³-hybridized carbons (Fsp3) is 0.556. The molecule has 82 valence electrons. The average molecular weight is 268 g/mol. The molecule has 15 heavy (non-hydrogen) atoms. The summed E-state index contributed by atoms with van der Waals surface area (Å²) < 4.78 is -1.66. The summed E-state index contributed by atoms with van der Waals surface area (Å²) in [6.07, 6.45) is 3.60. The first kappa shape index (κ1) is 11.2. The molecule has 0 saturated heterocycles. The van der Waals surface area contributed by atoms with Crippen molar-refractivity contribution in [2.75, 3.05) is 0 Å². The third-order valence-electron chi connectivity index (χ3n) is 2.46. The number of nitrogens with zero attached hydrogens (tertiary/aromatic N) is 1. The first-order valence-corrected chi connectivity index (χ1v) is 5.81. The number of hydrogen-bond donors (Lipinski definition) is 1. The number of aromatic nitrogens is 2. The van der Waals surface area contributed by atoms with Crippen molar-refractivity contribution in [1.29, 1.82) is 0 Å². The Balaban J connectivity index is 2.55. The van der Waals surface area contributed by atoms with Crippen molar-refractivity contribution < 1.29 is 0 Å². The van der Waals surface area contributed by atoms with Crippen LogP contribution in [0.1, 0.15) is 29.9 Å². The maximum Gasteiger partial charge on any atom is 0.254 e. The first-order chi connectivity index (χ1) is 6.98. The number of aromatic amines is 1. The molecule has 1 heterocycles. The molecule has 3 nitrogen and oxygen atoms in total. The lowest BCUT2D eigenvalue weighted by Gasteiger charge is -2.17. The Morgan fingerprint density at radius 2 is 1.87 bits per heavy atom. The largest absolute Gasteiger partial charge is 0.307 e. The predicted octanol–water partition coefficient (Wildman–Crippen LogP) is 2.48. The number of rotatable bonds is 0. The molecule has 1 aliphatic rings. The molecule has 0 bridgehead atoms. The van der Waals surface area contributed by atoms with Crippen LogP contribution in [-0.4, -0.2) is 9.97 Å². The van der Waals surface area contributed by atoms with Gasteiger partial charge in [0.05, 0.1) is 5.69 Å². The van der Waals surface area contributed by atoms with Gasteiger partial charge in [0.1, 0.15) is 0 Å². The predicted molar refractivity (Wildman–Crippen MR) is 60.7 cm³/mol. The third kappa shape index (κ3) is 2.30. The van der Waals surface area contributed by atoms with Crippen LogP contribution >= 0.6 is 34.8 Å². The van der Waals surface area contributed by atoms with Gasteiger partial charge in [-0.1, -0.05) is 34.8 Å². The second-order valence-electron chi connectivity index (χ2n) is 3.54. The Kier molecular flexibility index (Phi) is 2.97. The van der Waals surface area contributed by atoms with Crippen LogP contribution in [0.4, 0.5) is 0 Å². The molecule has 0 atom stereocenters. The van der Waals surface area contributed by atoms with E-state index in [1.165, 1.54) is 0 Å². The zero-order valence-corrected chi connectivity index (χ0v) is 10.1. The van der Waals surface area contributed by atoms with Crippen LogP contribution < -0.4 is 5.56 Å². The lowest BCUT2D eigenvalue weighted by Crippen LogP contribution is -2.25. The molecule has 0 aliphatic heterocycles. The average Bonchev–Trinajstić information content (AvgIpc) is 2.16. The number of aryl methyl sites for hydroxylation is 1. The number of hydrogen-bond acceptors (Lipinski definition) is 2. The smallest absolute Gasteiger partial charge is 0.254 e. The second-order valence-corrected chi connectivity index (χ2v) is 5.83. The molecule has 0 fully saturated rings. The molecular weight excluding hydrogens is 258 g/mol. The fourth-order valence-corrected chi connectivity index (χ4v) is 2.01. The minimum atomic E-state index is -1.66. The molecular formula is C9H9Cl3N2O. The standard InChI is InChI=1S/C9H9Cl3N2O/c10-9(11,12)8-13-6-4-2-1-3-5(6)7(15)14-8/h1-4H2,(H,13,14,15). The number of H-pyrrole nitrogens is 1. The van der Waals surface area contributed by atoms with Crippen LogP contribution in [0.3, 0.4) is 0 Å². The fourth-order valence-electron chi connectivity index (χ4n) is 1.74. The van der Waals surface area contributed by atoms with Crippen LogP contribution in [0.25, 0.3) is 0 Å². The summed E-state index contributed by atoms with van der Waals surface area (Å²) >= 11 is 17.0. The Hall–Kier alpha value is -0.250. The third-order valence-corrected chi connectivity index (χ3v) is 3.00. The molecule has 1 N–H and O–H groups in total. The van der Waals surface area contributed by atoms with Crippen molar-refractivity contribution in [2.45, 2.75) is 29.5 Å². The van der Waals surface area contributed by atoms with Gasteiger partial charge in [0.15, 0.2) is 5.82 Å². The van der Waals surface area contributed by atoms with E-state index in [0.29, 0.717) is 0 Å². The van der Waals surface area contributed by atoms with Gasteiger partial charge >= 0.3 is 0 Å². The van der Waals surface area contributed by atoms with Crippen molar-refractivity contribution in [3.63, 3.8) is 0 Å². The van der Waals surface area contributed by atoms with Gasteiger partial charge in [-0.3, -0.25) is 4.79 Å². The molecule has 0 saturated carbocycles. The van der Waals surface area contributed by atoms with Gasteiger partial charge in [-0.05, 0) is 25.7 Å². The van der Waals surface area contributed by atoms with E-state index in [2.05, 4.69) is 9.97 Å². The maximum absolute atomic E-state index is 11.7. The van der Waals surface area contributed by atoms with E-state index in [4.69, 9.17) is 34.8 Å². The summed E-state index contributed by atoms with van der Waals surface area (Å²) in [5.41, 5.74) is 1.33. The normalized spacial score (nSPS) is 16.2. The Bertz CT molecular complexity index is 436. The van der Waals surface area contributed by atoms with Crippen molar-refractivity contribution in [1.82, 2.24) is 9.97 Å². The summed E-state index contributed by atoms with van der Waals surface area (Å²) in [5, 5.41) is 0. The lowest BCUT2D eigenvalue weighted by atomic mass is 9.97. The minimum absolute atomic E-state index is 0.109. The molecule has 1 aromatic heterocycles. The first-order valence-electron chi connectivity index (χ1n) is 4.68. The van der Waals surface area contributed by atoms with Crippen molar-refractivity contribution >= 4 is 34.8 Å².